The molecule has 1 amide bonds. The fraction of sp³-hybridized carbons (Fsp3) is 0.176. The number of amides is 1. The molecule has 3 nitrogen and oxygen atoms in total. The Hall–Kier alpha value is -2.42. The van der Waals surface area contributed by atoms with Crippen LogP contribution in [0.2, 0.25) is 0 Å². The van der Waals surface area contributed by atoms with Crippen molar-refractivity contribution in [3.8, 4) is 0 Å². The van der Waals surface area contributed by atoms with Crippen LogP contribution in [0.5, 0.6) is 0 Å². The number of carbonyl (C=O) groups is 1. The van der Waals surface area contributed by atoms with Gasteiger partial charge in [0.15, 0.2) is 0 Å². The largest absolute Gasteiger partial charge is 0.271 e. The van der Waals surface area contributed by atoms with Crippen LogP contribution in [-0.2, 0) is 0 Å². The number of aryl methyl sites for hydroxylation is 2. The lowest BCUT2D eigenvalue weighted by Gasteiger charge is -2.07. The van der Waals surface area contributed by atoms with Gasteiger partial charge in [-0.3, -0.25) is 4.79 Å². The van der Waals surface area contributed by atoms with Gasteiger partial charge in [0.1, 0.15) is 0 Å². The molecule has 0 saturated carbocycles. The second-order valence-electron chi connectivity index (χ2n) is 4.77. The van der Waals surface area contributed by atoms with Gasteiger partial charge in [-0.15, -0.1) is 0 Å². The quantitative estimate of drug-likeness (QED) is 0.671. The third-order valence-electron chi connectivity index (χ3n) is 3.25. The van der Waals surface area contributed by atoms with Gasteiger partial charge in [-0.2, -0.15) is 5.10 Å². The second kappa shape index (κ2) is 6.15. The maximum Gasteiger partial charge on any atom is 0.271 e. The number of nitrogens with zero attached hydrogens (tertiary/aromatic N) is 1. The molecule has 0 heterocycles. The monoisotopic (exact) mass is 266 g/mol. The molecule has 0 spiro atoms. The molecule has 2 aromatic carbocycles. The van der Waals surface area contributed by atoms with Gasteiger partial charge in [0.25, 0.3) is 5.91 Å². The summed E-state index contributed by atoms with van der Waals surface area (Å²) >= 11 is 0. The normalized spacial score (nSPS) is 11.2. The number of rotatable bonds is 3. The molecule has 0 aromatic heterocycles. The van der Waals surface area contributed by atoms with Gasteiger partial charge < -0.3 is 0 Å². The minimum absolute atomic E-state index is 0.184. The molecule has 0 saturated heterocycles. The highest BCUT2D eigenvalue weighted by Gasteiger charge is 2.07. The van der Waals surface area contributed by atoms with E-state index in [1.54, 1.807) is 6.07 Å². The first-order valence-corrected chi connectivity index (χ1v) is 6.56. The summed E-state index contributed by atoms with van der Waals surface area (Å²) in [6.07, 6.45) is 0. The maximum atomic E-state index is 12.1. The van der Waals surface area contributed by atoms with Crippen molar-refractivity contribution in [1.29, 1.82) is 0 Å². The summed E-state index contributed by atoms with van der Waals surface area (Å²) < 4.78 is 0. The summed E-state index contributed by atoms with van der Waals surface area (Å²) in [7, 11) is 0. The van der Waals surface area contributed by atoms with Crippen LogP contribution in [0.15, 0.2) is 53.6 Å². The molecule has 0 fully saturated rings. The number of hydrogen-bond donors (Lipinski definition) is 1. The molecule has 0 aliphatic carbocycles. The molecular formula is C17H18N2O. The molecule has 1 N–H and O–H groups in total. The summed E-state index contributed by atoms with van der Waals surface area (Å²) in [5.74, 6) is -0.184. The van der Waals surface area contributed by atoms with Crippen LogP contribution < -0.4 is 5.43 Å². The van der Waals surface area contributed by atoms with Gasteiger partial charge in [0, 0.05) is 11.1 Å². The van der Waals surface area contributed by atoms with Crippen molar-refractivity contribution in [2.24, 2.45) is 5.10 Å². The van der Waals surface area contributed by atoms with Gasteiger partial charge in [0.05, 0.1) is 5.71 Å². The first-order chi connectivity index (χ1) is 9.59. The van der Waals surface area contributed by atoms with E-state index >= 15 is 0 Å². The summed E-state index contributed by atoms with van der Waals surface area (Å²) in [6, 6.07) is 15.4. The smallest absolute Gasteiger partial charge is 0.267 e. The van der Waals surface area contributed by atoms with E-state index in [9.17, 15) is 4.79 Å². The van der Waals surface area contributed by atoms with Crippen LogP contribution >= 0.6 is 0 Å². The third-order valence-corrected chi connectivity index (χ3v) is 3.25. The fourth-order valence-electron chi connectivity index (χ4n) is 2.06. The van der Waals surface area contributed by atoms with Crippen molar-refractivity contribution in [3.05, 3.63) is 70.8 Å². The van der Waals surface area contributed by atoms with Gasteiger partial charge in [-0.1, -0.05) is 42.5 Å². The molecule has 0 aliphatic heterocycles. The second-order valence-corrected chi connectivity index (χ2v) is 4.77. The Labute approximate surface area is 119 Å². The summed E-state index contributed by atoms with van der Waals surface area (Å²) in [4.78, 5) is 12.1. The molecule has 2 rings (SSSR count). The van der Waals surface area contributed by atoms with Gasteiger partial charge in [-0.05, 0) is 38.0 Å². The van der Waals surface area contributed by atoms with E-state index in [1.807, 2.05) is 63.2 Å². The van der Waals surface area contributed by atoms with Gasteiger partial charge >= 0.3 is 0 Å². The zero-order valence-electron chi connectivity index (χ0n) is 12.0. The van der Waals surface area contributed by atoms with E-state index in [4.69, 9.17) is 0 Å². The molecule has 0 aliphatic rings. The van der Waals surface area contributed by atoms with Crippen LogP contribution in [0.3, 0.4) is 0 Å². The van der Waals surface area contributed by atoms with Crippen LogP contribution in [0, 0.1) is 13.8 Å². The van der Waals surface area contributed by atoms with E-state index in [1.165, 1.54) is 0 Å². The van der Waals surface area contributed by atoms with Gasteiger partial charge in [0.2, 0.25) is 0 Å². The predicted molar refractivity (Wildman–Crippen MR) is 82.0 cm³/mol. The van der Waals surface area contributed by atoms with Crippen molar-refractivity contribution < 1.29 is 4.79 Å². The van der Waals surface area contributed by atoms with Gasteiger partial charge in [-0.25, -0.2) is 5.43 Å². The van der Waals surface area contributed by atoms with E-state index in [-0.39, 0.29) is 5.91 Å². The highest BCUT2D eigenvalue weighted by Crippen LogP contribution is 2.09. The summed E-state index contributed by atoms with van der Waals surface area (Å²) in [5, 5.41) is 4.19. The molecule has 0 unspecified atom stereocenters. The predicted octanol–water partition coefficient (Wildman–Crippen LogP) is 3.46. The Balaban J connectivity index is 2.16. The zero-order chi connectivity index (χ0) is 14.5. The molecule has 20 heavy (non-hydrogen) atoms. The molecular weight excluding hydrogens is 248 g/mol. The lowest BCUT2D eigenvalue weighted by atomic mass is 10.1. The molecule has 102 valence electrons. The lowest BCUT2D eigenvalue weighted by molar-refractivity contribution is 0.0954. The minimum Gasteiger partial charge on any atom is -0.267 e. The summed E-state index contributed by atoms with van der Waals surface area (Å²) in [6.45, 7) is 5.82. The Bertz CT molecular complexity index is 660. The Kier molecular flexibility index (Phi) is 4.31. The first kappa shape index (κ1) is 14.0. The van der Waals surface area contributed by atoms with Crippen LogP contribution in [0.1, 0.15) is 34.0 Å². The Morgan fingerprint density at radius 3 is 1.95 bits per heavy atom. The number of carbonyl (C=O) groups excluding carboxylic acids is 1. The topological polar surface area (TPSA) is 41.5 Å². The maximum absolute atomic E-state index is 12.1. The number of hydrogen-bond acceptors (Lipinski definition) is 2. The van der Waals surface area contributed by atoms with Crippen molar-refractivity contribution in [1.82, 2.24) is 5.43 Å². The number of hydrazone groups is 1. The Morgan fingerprint density at radius 2 is 1.40 bits per heavy atom. The zero-order valence-corrected chi connectivity index (χ0v) is 12.0. The SMILES string of the molecule is C/C(=N/NC(=O)c1ccccc1C)c1ccccc1C. The number of benzene rings is 2. The van der Waals surface area contributed by atoms with Crippen molar-refractivity contribution >= 4 is 11.6 Å². The average Bonchev–Trinajstić information content (AvgIpc) is 2.45. The van der Waals surface area contributed by atoms with Crippen LogP contribution in [0.4, 0.5) is 0 Å². The molecule has 0 bridgehead atoms. The van der Waals surface area contributed by atoms with E-state index < -0.39 is 0 Å². The standard InChI is InChI=1S/C17H18N2O/c1-12-8-4-6-10-15(12)14(3)18-19-17(20)16-11-7-5-9-13(16)2/h4-11H,1-3H3,(H,19,20)/b18-14-. The fourth-order valence-corrected chi connectivity index (χ4v) is 2.06. The van der Waals surface area contributed by atoms with E-state index in [2.05, 4.69) is 10.5 Å². The van der Waals surface area contributed by atoms with E-state index in [0.717, 1.165) is 22.4 Å². The highest BCUT2D eigenvalue weighted by molar-refractivity contribution is 6.02. The van der Waals surface area contributed by atoms with Crippen molar-refractivity contribution in [3.63, 3.8) is 0 Å². The lowest BCUT2D eigenvalue weighted by Crippen LogP contribution is -2.20. The summed E-state index contributed by atoms with van der Waals surface area (Å²) in [5.41, 5.74) is 7.17. The van der Waals surface area contributed by atoms with Crippen LogP contribution in [0.25, 0.3) is 0 Å². The molecule has 0 radical (unpaired) electrons. The Morgan fingerprint density at radius 1 is 0.900 bits per heavy atom. The average molecular weight is 266 g/mol. The van der Waals surface area contributed by atoms with Crippen molar-refractivity contribution in [2.75, 3.05) is 0 Å². The van der Waals surface area contributed by atoms with E-state index in [0.29, 0.717) is 5.56 Å². The van der Waals surface area contributed by atoms with Crippen molar-refractivity contribution in [2.45, 2.75) is 20.8 Å². The molecule has 2 aromatic rings. The van der Waals surface area contributed by atoms with Crippen LogP contribution in [-0.4, -0.2) is 11.6 Å². The molecule has 3 heteroatoms. The highest BCUT2D eigenvalue weighted by atomic mass is 16.2. The molecule has 0 atom stereocenters. The minimum atomic E-state index is -0.184. The third kappa shape index (κ3) is 3.12. The number of nitrogens with one attached hydrogen (secondary N) is 1. The first-order valence-electron chi connectivity index (χ1n) is 6.56.